The fourth-order valence-corrected chi connectivity index (χ4v) is 2.79. The molecule has 2 rings (SSSR count). The predicted molar refractivity (Wildman–Crippen MR) is 86.9 cm³/mol. The SMILES string of the molecule is CNc1cc(N(C)C2CCCCC2O)nc(C(C)(C)C)n1. The van der Waals surface area contributed by atoms with E-state index in [1.165, 1.54) is 6.42 Å². The molecule has 2 N–H and O–H groups in total. The van der Waals surface area contributed by atoms with Crippen LogP contribution in [-0.2, 0) is 5.41 Å². The van der Waals surface area contributed by atoms with Crippen LogP contribution in [0, 0.1) is 0 Å². The zero-order valence-electron chi connectivity index (χ0n) is 13.8. The molecule has 0 saturated heterocycles. The second kappa shape index (κ2) is 6.18. The Kier molecular flexibility index (Phi) is 4.71. The number of likely N-dealkylation sites (N-methyl/N-ethyl adjacent to an activating group) is 1. The highest BCUT2D eigenvalue weighted by Gasteiger charge is 2.28. The quantitative estimate of drug-likeness (QED) is 0.896. The van der Waals surface area contributed by atoms with Crippen molar-refractivity contribution >= 4 is 11.6 Å². The largest absolute Gasteiger partial charge is 0.391 e. The van der Waals surface area contributed by atoms with Gasteiger partial charge in [0.2, 0.25) is 0 Å². The molecule has 21 heavy (non-hydrogen) atoms. The molecule has 5 nitrogen and oxygen atoms in total. The second-order valence-corrected chi connectivity index (χ2v) is 6.97. The Balaban J connectivity index is 2.33. The van der Waals surface area contributed by atoms with Crippen LogP contribution in [0.4, 0.5) is 11.6 Å². The van der Waals surface area contributed by atoms with Gasteiger partial charge in [-0.05, 0) is 12.8 Å². The molecule has 1 fully saturated rings. The van der Waals surface area contributed by atoms with Crippen LogP contribution in [0.3, 0.4) is 0 Å². The Morgan fingerprint density at radius 2 is 1.90 bits per heavy atom. The number of hydrogen-bond acceptors (Lipinski definition) is 5. The van der Waals surface area contributed by atoms with Crippen molar-refractivity contribution in [1.29, 1.82) is 0 Å². The minimum atomic E-state index is -0.269. The van der Waals surface area contributed by atoms with E-state index in [0.717, 1.165) is 36.7 Å². The Hall–Kier alpha value is -1.36. The van der Waals surface area contributed by atoms with Gasteiger partial charge in [0.15, 0.2) is 0 Å². The molecule has 1 heterocycles. The van der Waals surface area contributed by atoms with Crippen molar-refractivity contribution in [3.63, 3.8) is 0 Å². The number of aliphatic hydroxyl groups is 1. The third kappa shape index (κ3) is 3.64. The molecule has 1 aromatic heterocycles. The van der Waals surface area contributed by atoms with Crippen molar-refractivity contribution in [1.82, 2.24) is 9.97 Å². The summed E-state index contributed by atoms with van der Waals surface area (Å²) in [5, 5.41) is 13.4. The van der Waals surface area contributed by atoms with Gasteiger partial charge in [-0.3, -0.25) is 0 Å². The summed E-state index contributed by atoms with van der Waals surface area (Å²) in [6.07, 6.45) is 3.91. The topological polar surface area (TPSA) is 61.3 Å². The molecule has 2 unspecified atom stereocenters. The van der Waals surface area contributed by atoms with Gasteiger partial charge in [-0.15, -0.1) is 0 Å². The number of anilines is 2. The van der Waals surface area contributed by atoms with Crippen LogP contribution in [0.25, 0.3) is 0 Å². The van der Waals surface area contributed by atoms with Crippen LogP contribution in [-0.4, -0.2) is 41.3 Å². The van der Waals surface area contributed by atoms with E-state index < -0.39 is 0 Å². The fourth-order valence-electron chi connectivity index (χ4n) is 2.79. The highest BCUT2D eigenvalue weighted by molar-refractivity contribution is 5.50. The first-order valence-corrected chi connectivity index (χ1v) is 7.81. The first kappa shape index (κ1) is 16.0. The van der Waals surface area contributed by atoms with Gasteiger partial charge in [0, 0.05) is 25.6 Å². The van der Waals surface area contributed by atoms with Gasteiger partial charge in [0.25, 0.3) is 0 Å². The molecule has 118 valence electrons. The highest BCUT2D eigenvalue weighted by atomic mass is 16.3. The molecule has 1 saturated carbocycles. The summed E-state index contributed by atoms with van der Waals surface area (Å²) >= 11 is 0. The minimum Gasteiger partial charge on any atom is -0.391 e. The number of hydrogen-bond donors (Lipinski definition) is 2. The molecule has 0 bridgehead atoms. The van der Waals surface area contributed by atoms with E-state index in [9.17, 15) is 5.11 Å². The van der Waals surface area contributed by atoms with E-state index in [1.807, 2.05) is 20.2 Å². The number of nitrogens with one attached hydrogen (secondary N) is 1. The molecule has 1 aromatic rings. The Morgan fingerprint density at radius 1 is 1.24 bits per heavy atom. The summed E-state index contributed by atoms with van der Waals surface area (Å²) in [6.45, 7) is 6.34. The van der Waals surface area contributed by atoms with Crippen LogP contribution < -0.4 is 10.2 Å². The van der Waals surface area contributed by atoms with Crippen molar-refractivity contribution in [2.75, 3.05) is 24.3 Å². The number of nitrogens with zero attached hydrogens (tertiary/aromatic N) is 3. The minimum absolute atomic E-state index is 0.104. The molecule has 1 aliphatic rings. The normalized spacial score (nSPS) is 23.0. The van der Waals surface area contributed by atoms with Crippen LogP contribution in [0.1, 0.15) is 52.3 Å². The summed E-state index contributed by atoms with van der Waals surface area (Å²) < 4.78 is 0. The smallest absolute Gasteiger partial charge is 0.138 e. The van der Waals surface area contributed by atoms with Gasteiger partial charge in [0.1, 0.15) is 17.5 Å². The van der Waals surface area contributed by atoms with Crippen molar-refractivity contribution < 1.29 is 5.11 Å². The van der Waals surface area contributed by atoms with E-state index in [0.29, 0.717) is 0 Å². The van der Waals surface area contributed by atoms with E-state index in [2.05, 4.69) is 36.0 Å². The zero-order valence-corrected chi connectivity index (χ0v) is 13.8. The lowest BCUT2D eigenvalue weighted by Gasteiger charge is -2.36. The van der Waals surface area contributed by atoms with Gasteiger partial charge in [-0.2, -0.15) is 0 Å². The Bertz CT molecular complexity index is 484. The molecule has 1 aliphatic carbocycles. The first-order valence-electron chi connectivity index (χ1n) is 7.81. The van der Waals surface area contributed by atoms with Crippen LogP contribution in [0.5, 0.6) is 0 Å². The standard InChI is InChI=1S/C16H28N4O/c1-16(2,3)15-18-13(17-4)10-14(19-15)20(5)11-8-6-7-9-12(11)21/h10-12,21H,6-9H2,1-5H3,(H,17,18,19). The molecular weight excluding hydrogens is 264 g/mol. The number of aromatic nitrogens is 2. The van der Waals surface area contributed by atoms with Crippen LogP contribution in [0.15, 0.2) is 6.07 Å². The maximum absolute atomic E-state index is 10.3. The van der Waals surface area contributed by atoms with Gasteiger partial charge in [0.05, 0.1) is 12.1 Å². The van der Waals surface area contributed by atoms with E-state index in [1.54, 1.807) is 0 Å². The van der Waals surface area contributed by atoms with Gasteiger partial charge in [-0.1, -0.05) is 33.6 Å². The van der Waals surface area contributed by atoms with Gasteiger partial charge < -0.3 is 15.3 Å². The molecule has 0 amide bonds. The number of aliphatic hydroxyl groups excluding tert-OH is 1. The third-order valence-corrected chi connectivity index (χ3v) is 4.19. The number of rotatable bonds is 3. The summed E-state index contributed by atoms with van der Waals surface area (Å²) in [5.41, 5.74) is -0.104. The molecule has 2 atom stereocenters. The summed E-state index contributed by atoms with van der Waals surface area (Å²) in [6, 6.07) is 2.10. The molecule has 0 spiro atoms. The Morgan fingerprint density at radius 3 is 2.48 bits per heavy atom. The van der Waals surface area contributed by atoms with Crippen molar-refractivity contribution in [3.8, 4) is 0 Å². The molecule has 5 heteroatoms. The second-order valence-electron chi connectivity index (χ2n) is 6.97. The maximum atomic E-state index is 10.3. The van der Waals surface area contributed by atoms with Crippen molar-refractivity contribution in [2.24, 2.45) is 0 Å². The zero-order chi connectivity index (χ0) is 15.6. The summed E-state index contributed by atoms with van der Waals surface area (Å²) in [4.78, 5) is 11.4. The predicted octanol–water partition coefficient (Wildman–Crippen LogP) is 2.56. The molecule has 0 aliphatic heterocycles. The molecular formula is C16H28N4O. The summed E-state index contributed by atoms with van der Waals surface area (Å²) in [7, 11) is 3.89. The monoisotopic (exact) mass is 292 g/mol. The fraction of sp³-hybridized carbons (Fsp3) is 0.750. The highest BCUT2D eigenvalue weighted by Crippen LogP contribution is 2.28. The lowest BCUT2D eigenvalue weighted by molar-refractivity contribution is 0.106. The Labute approximate surface area is 127 Å². The average molecular weight is 292 g/mol. The molecule has 0 aromatic carbocycles. The maximum Gasteiger partial charge on any atom is 0.138 e. The lowest BCUT2D eigenvalue weighted by atomic mass is 9.91. The van der Waals surface area contributed by atoms with Crippen LogP contribution in [0.2, 0.25) is 0 Å². The van der Waals surface area contributed by atoms with Gasteiger partial charge in [-0.25, -0.2) is 9.97 Å². The van der Waals surface area contributed by atoms with Gasteiger partial charge >= 0.3 is 0 Å². The molecule has 0 radical (unpaired) electrons. The van der Waals surface area contributed by atoms with Crippen molar-refractivity contribution in [3.05, 3.63) is 11.9 Å². The van der Waals surface area contributed by atoms with E-state index in [4.69, 9.17) is 4.98 Å². The first-order chi connectivity index (χ1) is 9.82. The summed E-state index contributed by atoms with van der Waals surface area (Å²) in [5.74, 6) is 2.52. The van der Waals surface area contributed by atoms with Crippen molar-refractivity contribution in [2.45, 2.75) is 64.0 Å². The third-order valence-electron chi connectivity index (χ3n) is 4.19. The van der Waals surface area contributed by atoms with E-state index >= 15 is 0 Å². The lowest BCUT2D eigenvalue weighted by Crippen LogP contribution is -2.44. The average Bonchev–Trinajstić information content (AvgIpc) is 2.45. The van der Waals surface area contributed by atoms with Crippen LogP contribution >= 0.6 is 0 Å². The van der Waals surface area contributed by atoms with E-state index in [-0.39, 0.29) is 17.6 Å².